The van der Waals surface area contributed by atoms with E-state index in [0.29, 0.717) is 11.8 Å². The first-order valence-corrected chi connectivity index (χ1v) is 7.63. The van der Waals surface area contributed by atoms with Crippen LogP contribution < -0.4 is 5.32 Å². The van der Waals surface area contributed by atoms with Crippen molar-refractivity contribution >= 4 is 0 Å². The molecule has 1 heterocycles. The molecule has 2 fully saturated rings. The first-order valence-electron chi connectivity index (χ1n) is 7.63. The number of nitrogens with one attached hydrogen (secondary N) is 1. The molecule has 0 radical (unpaired) electrons. The summed E-state index contributed by atoms with van der Waals surface area (Å²) in [5.74, 6) is 1.90. The van der Waals surface area contributed by atoms with Gasteiger partial charge in [0.2, 0.25) is 0 Å². The van der Waals surface area contributed by atoms with Crippen LogP contribution in [0.25, 0.3) is 0 Å². The fourth-order valence-corrected chi connectivity index (χ4v) is 4.10. The number of aliphatic hydroxyl groups is 1. The molecular formula is C15H29NO. The second-order valence-electron chi connectivity index (χ2n) is 6.19. The molecule has 1 aliphatic carbocycles. The van der Waals surface area contributed by atoms with Gasteiger partial charge in [0.15, 0.2) is 0 Å². The molecule has 17 heavy (non-hydrogen) atoms. The molecule has 2 nitrogen and oxygen atoms in total. The number of rotatable bonds is 3. The molecule has 0 aromatic carbocycles. The molecule has 1 saturated heterocycles. The van der Waals surface area contributed by atoms with Gasteiger partial charge in [0.05, 0.1) is 5.60 Å². The van der Waals surface area contributed by atoms with Gasteiger partial charge in [0.1, 0.15) is 0 Å². The number of hydrogen-bond acceptors (Lipinski definition) is 2. The third-order valence-corrected chi connectivity index (χ3v) is 5.36. The molecular weight excluding hydrogens is 210 g/mol. The Morgan fingerprint density at radius 2 is 2.06 bits per heavy atom. The lowest BCUT2D eigenvalue weighted by Crippen LogP contribution is -2.55. The van der Waals surface area contributed by atoms with E-state index in [-0.39, 0.29) is 5.60 Å². The largest absolute Gasteiger partial charge is 0.389 e. The molecule has 0 spiro atoms. The van der Waals surface area contributed by atoms with Gasteiger partial charge in [-0.3, -0.25) is 0 Å². The maximum Gasteiger partial charge on any atom is 0.0728 e. The Morgan fingerprint density at radius 1 is 1.24 bits per heavy atom. The monoisotopic (exact) mass is 239 g/mol. The van der Waals surface area contributed by atoms with Gasteiger partial charge in [-0.1, -0.05) is 33.1 Å². The summed E-state index contributed by atoms with van der Waals surface area (Å²) in [6.07, 6.45) is 8.60. The Morgan fingerprint density at radius 3 is 2.76 bits per heavy atom. The summed E-state index contributed by atoms with van der Waals surface area (Å²) in [5, 5.41) is 14.6. The third-order valence-electron chi connectivity index (χ3n) is 5.36. The quantitative estimate of drug-likeness (QED) is 0.793. The van der Waals surface area contributed by atoms with Gasteiger partial charge in [0.25, 0.3) is 0 Å². The van der Waals surface area contributed by atoms with E-state index in [1.807, 2.05) is 0 Å². The zero-order chi connectivity index (χ0) is 12.3. The highest BCUT2D eigenvalue weighted by molar-refractivity contribution is 4.98. The Balaban J connectivity index is 2.06. The van der Waals surface area contributed by atoms with Crippen LogP contribution in [0.3, 0.4) is 0 Å². The van der Waals surface area contributed by atoms with Crippen molar-refractivity contribution in [3.05, 3.63) is 0 Å². The Bertz CT molecular complexity index is 243. The second-order valence-corrected chi connectivity index (χ2v) is 6.19. The summed E-state index contributed by atoms with van der Waals surface area (Å²) in [5.41, 5.74) is -0.367. The fraction of sp³-hybridized carbons (Fsp3) is 1.00. The molecule has 4 atom stereocenters. The van der Waals surface area contributed by atoms with Gasteiger partial charge in [0, 0.05) is 12.5 Å². The van der Waals surface area contributed by atoms with Crippen molar-refractivity contribution in [3.63, 3.8) is 0 Å². The first-order chi connectivity index (χ1) is 8.20. The molecule has 1 aliphatic heterocycles. The van der Waals surface area contributed by atoms with Gasteiger partial charge < -0.3 is 10.4 Å². The molecule has 2 aliphatic rings. The molecule has 0 amide bonds. The van der Waals surface area contributed by atoms with E-state index in [0.717, 1.165) is 31.8 Å². The van der Waals surface area contributed by atoms with E-state index in [1.165, 1.54) is 32.1 Å². The zero-order valence-electron chi connectivity index (χ0n) is 11.5. The van der Waals surface area contributed by atoms with E-state index in [4.69, 9.17) is 0 Å². The third kappa shape index (κ3) is 2.68. The van der Waals surface area contributed by atoms with Crippen molar-refractivity contribution in [2.24, 2.45) is 17.8 Å². The SMILES string of the molecule is CCC1CCCC(C2(O)CCNCC2CC)C1. The Hall–Kier alpha value is -0.0800. The average Bonchev–Trinajstić information content (AvgIpc) is 2.39. The standard InChI is InChI=1S/C15H29NO/c1-3-12-6-5-7-14(10-12)15(17)8-9-16-11-13(15)4-2/h12-14,16-17H,3-11H2,1-2H3. The van der Waals surface area contributed by atoms with Crippen molar-refractivity contribution in [1.29, 1.82) is 0 Å². The number of piperidine rings is 1. The number of hydrogen-bond donors (Lipinski definition) is 2. The summed E-state index contributed by atoms with van der Waals surface area (Å²) in [7, 11) is 0. The summed E-state index contributed by atoms with van der Waals surface area (Å²) in [6.45, 7) is 6.54. The van der Waals surface area contributed by atoms with Crippen LogP contribution in [0.1, 0.15) is 58.8 Å². The molecule has 1 saturated carbocycles. The molecule has 0 bridgehead atoms. The predicted octanol–water partition coefficient (Wildman–Crippen LogP) is 2.95. The first kappa shape index (κ1) is 13.4. The minimum atomic E-state index is -0.367. The fourth-order valence-electron chi connectivity index (χ4n) is 4.10. The summed E-state index contributed by atoms with van der Waals surface area (Å²) in [6, 6.07) is 0. The van der Waals surface area contributed by atoms with Gasteiger partial charge in [-0.15, -0.1) is 0 Å². The van der Waals surface area contributed by atoms with Crippen LogP contribution in [0.15, 0.2) is 0 Å². The summed E-state index contributed by atoms with van der Waals surface area (Å²) in [4.78, 5) is 0. The second kappa shape index (κ2) is 5.71. The van der Waals surface area contributed by atoms with Crippen LogP contribution in [0, 0.1) is 17.8 Å². The molecule has 0 aromatic rings. The van der Waals surface area contributed by atoms with Gasteiger partial charge in [-0.25, -0.2) is 0 Å². The lowest BCUT2D eigenvalue weighted by Gasteiger charge is -2.48. The highest BCUT2D eigenvalue weighted by atomic mass is 16.3. The van der Waals surface area contributed by atoms with Crippen LogP contribution in [-0.4, -0.2) is 23.8 Å². The highest BCUT2D eigenvalue weighted by Gasteiger charge is 2.45. The maximum absolute atomic E-state index is 11.1. The van der Waals surface area contributed by atoms with Crippen molar-refractivity contribution in [2.75, 3.05) is 13.1 Å². The normalized spacial score (nSPS) is 43.6. The average molecular weight is 239 g/mol. The molecule has 2 rings (SSSR count). The van der Waals surface area contributed by atoms with Crippen LogP contribution in [-0.2, 0) is 0 Å². The van der Waals surface area contributed by atoms with Gasteiger partial charge in [-0.2, -0.15) is 0 Å². The van der Waals surface area contributed by atoms with Crippen molar-refractivity contribution in [2.45, 2.75) is 64.4 Å². The lowest BCUT2D eigenvalue weighted by atomic mass is 9.64. The molecule has 100 valence electrons. The smallest absolute Gasteiger partial charge is 0.0728 e. The Labute approximate surface area is 106 Å². The van der Waals surface area contributed by atoms with Crippen LogP contribution >= 0.6 is 0 Å². The van der Waals surface area contributed by atoms with Crippen LogP contribution in [0.2, 0.25) is 0 Å². The van der Waals surface area contributed by atoms with Crippen molar-refractivity contribution < 1.29 is 5.11 Å². The van der Waals surface area contributed by atoms with E-state index >= 15 is 0 Å². The van der Waals surface area contributed by atoms with E-state index in [9.17, 15) is 5.11 Å². The van der Waals surface area contributed by atoms with Gasteiger partial charge >= 0.3 is 0 Å². The van der Waals surface area contributed by atoms with E-state index < -0.39 is 0 Å². The molecule has 2 heteroatoms. The Kier molecular flexibility index (Phi) is 4.48. The summed E-state index contributed by atoms with van der Waals surface area (Å²) >= 11 is 0. The minimum absolute atomic E-state index is 0.367. The van der Waals surface area contributed by atoms with E-state index in [2.05, 4.69) is 19.2 Å². The van der Waals surface area contributed by atoms with Gasteiger partial charge in [-0.05, 0) is 44.1 Å². The lowest BCUT2D eigenvalue weighted by molar-refractivity contribution is -0.105. The van der Waals surface area contributed by atoms with Crippen LogP contribution in [0.4, 0.5) is 0 Å². The van der Waals surface area contributed by atoms with Crippen LogP contribution in [0.5, 0.6) is 0 Å². The molecule has 2 N–H and O–H groups in total. The zero-order valence-corrected chi connectivity index (χ0v) is 11.5. The predicted molar refractivity (Wildman–Crippen MR) is 72.0 cm³/mol. The topological polar surface area (TPSA) is 32.3 Å². The van der Waals surface area contributed by atoms with E-state index in [1.54, 1.807) is 0 Å². The van der Waals surface area contributed by atoms with Crippen molar-refractivity contribution in [3.8, 4) is 0 Å². The molecule has 4 unspecified atom stereocenters. The maximum atomic E-state index is 11.1. The van der Waals surface area contributed by atoms with Crippen molar-refractivity contribution in [1.82, 2.24) is 5.32 Å². The molecule has 0 aromatic heterocycles. The highest BCUT2D eigenvalue weighted by Crippen LogP contribution is 2.43. The minimum Gasteiger partial charge on any atom is -0.389 e. The summed E-state index contributed by atoms with van der Waals surface area (Å²) < 4.78 is 0.